The first-order chi connectivity index (χ1) is 11.1. The lowest BCUT2D eigenvalue weighted by molar-refractivity contribution is 0.0730. The number of aryl methyl sites for hydroxylation is 1. The van der Waals surface area contributed by atoms with Crippen LogP contribution in [0.5, 0.6) is 0 Å². The molecule has 1 aliphatic heterocycles. The molecular formula is C16H18N4O2S. The molecule has 0 spiro atoms. The quantitative estimate of drug-likeness (QED) is 0.899. The normalized spacial score (nSPS) is 14.6. The highest BCUT2D eigenvalue weighted by Gasteiger charge is 2.20. The zero-order chi connectivity index (χ0) is 16.2. The summed E-state index contributed by atoms with van der Waals surface area (Å²) in [5, 5.41) is 8.09. The second kappa shape index (κ2) is 6.89. The number of hydrogen-bond donors (Lipinski definition) is 2. The smallest absolute Gasteiger partial charge is 0.273 e. The van der Waals surface area contributed by atoms with Crippen molar-refractivity contribution in [3.63, 3.8) is 0 Å². The minimum atomic E-state index is -0.218. The molecule has 0 saturated carbocycles. The Morgan fingerprint density at radius 2 is 2.09 bits per heavy atom. The average Bonchev–Trinajstić information content (AvgIpc) is 3.03. The van der Waals surface area contributed by atoms with Gasteiger partial charge in [0.1, 0.15) is 5.69 Å². The molecule has 0 unspecified atom stereocenters. The Bertz CT molecular complexity index is 722. The second-order valence-corrected chi connectivity index (χ2v) is 6.26. The zero-order valence-corrected chi connectivity index (χ0v) is 13.7. The van der Waals surface area contributed by atoms with Crippen molar-refractivity contribution in [2.45, 2.75) is 6.92 Å². The molecule has 0 aliphatic carbocycles. The molecule has 0 bridgehead atoms. The summed E-state index contributed by atoms with van der Waals surface area (Å²) in [5.74, 6) is -0.303. The monoisotopic (exact) mass is 330 g/mol. The number of piperazine rings is 1. The molecule has 2 N–H and O–H groups in total. The fraction of sp³-hybridized carbons (Fsp3) is 0.312. The Hall–Kier alpha value is -2.25. The maximum atomic E-state index is 12.3. The van der Waals surface area contributed by atoms with Gasteiger partial charge in [0, 0.05) is 37.1 Å². The molecule has 1 aromatic heterocycles. The molecular weight excluding hydrogens is 312 g/mol. The lowest BCUT2D eigenvalue weighted by Gasteiger charge is -2.26. The Labute approximate surface area is 138 Å². The summed E-state index contributed by atoms with van der Waals surface area (Å²) < 4.78 is 0. The summed E-state index contributed by atoms with van der Waals surface area (Å²) in [6, 6.07) is 7.34. The summed E-state index contributed by atoms with van der Waals surface area (Å²) in [6.45, 7) is 4.90. The number of amides is 2. The summed E-state index contributed by atoms with van der Waals surface area (Å²) in [6.07, 6.45) is 0. The van der Waals surface area contributed by atoms with Crippen LogP contribution in [0.25, 0.3) is 0 Å². The molecule has 1 aliphatic rings. The summed E-state index contributed by atoms with van der Waals surface area (Å²) in [4.78, 5) is 30.6. The number of carbonyl (C=O) groups excluding carboxylic acids is 2. The number of rotatable bonds is 3. The predicted octanol–water partition coefficient (Wildman–Crippen LogP) is 1.75. The van der Waals surface area contributed by atoms with E-state index in [1.165, 1.54) is 11.3 Å². The average molecular weight is 330 g/mol. The molecule has 2 amide bonds. The van der Waals surface area contributed by atoms with Gasteiger partial charge in [-0.15, -0.1) is 11.3 Å². The first kappa shape index (κ1) is 15.6. The van der Waals surface area contributed by atoms with Crippen LogP contribution in [0, 0.1) is 6.92 Å². The molecule has 3 rings (SSSR count). The van der Waals surface area contributed by atoms with Gasteiger partial charge in [0.05, 0.1) is 0 Å². The van der Waals surface area contributed by atoms with E-state index in [2.05, 4.69) is 15.6 Å². The van der Waals surface area contributed by atoms with Crippen molar-refractivity contribution < 1.29 is 9.59 Å². The maximum absolute atomic E-state index is 12.3. The van der Waals surface area contributed by atoms with E-state index in [4.69, 9.17) is 0 Å². The van der Waals surface area contributed by atoms with Gasteiger partial charge in [-0.25, -0.2) is 4.98 Å². The van der Waals surface area contributed by atoms with Gasteiger partial charge in [0.2, 0.25) is 0 Å². The number of benzene rings is 1. The molecule has 7 heteroatoms. The van der Waals surface area contributed by atoms with Crippen LogP contribution in [-0.4, -0.2) is 47.9 Å². The van der Waals surface area contributed by atoms with Gasteiger partial charge in [-0.05, 0) is 19.1 Å². The van der Waals surface area contributed by atoms with E-state index >= 15 is 0 Å². The van der Waals surface area contributed by atoms with Crippen LogP contribution in [0.1, 0.15) is 26.4 Å². The van der Waals surface area contributed by atoms with E-state index in [9.17, 15) is 9.59 Å². The molecule has 2 aromatic rings. The molecule has 1 fully saturated rings. The van der Waals surface area contributed by atoms with Gasteiger partial charge < -0.3 is 10.2 Å². The Balaban J connectivity index is 1.67. The number of nitrogens with one attached hydrogen (secondary N) is 2. The van der Waals surface area contributed by atoms with Crippen molar-refractivity contribution in [2.24, 2.45) is 0 Å². The van der Waals surface area contributed by atoms with Crippen LogP contribution in [0.2, 0.25) is 0 Å². The topological polar surface area (TPSA) is 74.3 Å². The first-order valence-corrected chi connectivity index (χ1v) is 8.35. The van der Waals surface area contributed by atoms with Gasteiger partial charge in [-0.2, -0.15) is 0 Å². The molecule has 23 heavy (non-hydrogen) atoms. The second-order valence-electron chi connectivity index (χ2n) is 5.40. The zero-order valence-electron chi connectivity index (χ0n) is 12.8. The van der Waals surface area contributed by atoms with E-state index in [0.29, 0.717) is 29.5 Å². The van der Waals surface area contributed by atoms with Crippen molar-refractivity contribution in [3.8, 4) is 0 Å². The lowest BCUT2D eigenvalue weighted by Crippen LogP contribution is -2.46. The molecule has 1 saturated heterocycles. The number of nitrogens with zero attached hydrogens (tertiary/aromatic N) is 2. The summed E-state index contributed by atoms with van der Waals surface area (Å²) >= 11 is 1.26. The molecule has 0 atom stereocenters. The molecule has 6 nitrogen and oxygen atoms in total. The van der Waals surface area contributed by atoms with E-state index < -0.39 is 0 Å². The van der Waals surface area contributed by atoms with Crippen molar-refractivity contribution in [1.29, 1.82) is 0 Å². The molecule has 0 radical (unpaired) electrons. The van der Waals surface area contributed by atoms with Crippen molar-refractivity contribution in [3.05, 3.63) is 46.5 Å². The number of thiazole rings is 1. The van der Waals surface area contributed by atoms with E-state index in [1.807, 2.05) is 25.1 Å². The Morgan fingerprint density at radius 3 is 2.83 bits per heavy atom. The van der Waals surface area contributed by atoms with E-state index in [-0.39, 0.29) is 11.8 Å². The van der Waals surface area contributed by atoms with Gasteiger partial charge in [0.15, 0.2) is 5.13 Å². The van der Waals surface area contributed by atoms with Gasteiger partial charge >= 0.3 is 0 Å². The van der Waals surface area contributed by atoms with Crippen molar-refractivity contribution in [1.82, 2.24) is 15.2 Å². The van der Waals surface area contributed by atoms with Crippen LogP contribution in [0.3, 0.4) is 0 Å². The lowest BCUT2D eigenvalue weighted by atomic mass is 10.1. The number of hydrogen-bond acceptors (Lipinski definition) is 5. The van der Waals surface area contributed by atoms with E-state index in [0.717, 1.165) is 18.7 Å². The van der Waals surface area contributed by atoms with Crippen LogP contribution in [0.15, 0.2) is 29.6 Å². The third-order valence-corrected chi connectivity index (χ3v) is 4.39. The fourth-order valence-electron chi connectivity index (χ4n) is 2.41. The highest BCUT2D eigenvalue weighted by molar-refractivity contribution is 7.14. The predicted molar refractivity (Wildman–Crippen MR) is 90.0 cm³/mol. The summed E-state index contributed by atoms with van der Waals surface area (Å²) in [7, 11) is 0. The number of anilines is 1. The van der Waals surface area contributed by atoms with E-state index in [1.54, 1.807) is 16.3 Å². The fourth-order valence-corrected chi connectivity index (χ4v) is 3.09. The first-order valence-electron chi connectivity index (χ1n) is 7.47. The third-order valence-electron chi connectivity index (χ3n) is 3.63. The number of aromatic nitrogens is 1. The largest absolute Gasteiger partial charge is 0.335 e. The SMILES string of the molecule is Cc1cccc(C(=O)Nc2nc(C(=O)N3CCNCC3)cs2)c1. The van der Waals surface area contributed by atoms with Gasteiger partial charge in [-0.1, -0.05) is 17.7 Å². The van der Waals surface area contributed by atoms with Crippen LogP contribution >= 0.6 is 11.3 Å². The minimum Gasteiger partial charge on any atom is -0.335 e. The van der Waals surface area contributed by atoms with Crippen molar-refractivity contribution >= 4 is 28.3 Å². The van der Waals surface area contributed by atoms with Gasteiger partial charge in [-0.3, -0.25) is 14.9 Å². The molecule has 120 valence electrons. The standard InChI is InChI=1S/C16H18N4O2S/c1-11-3-2-4-12(9-11)14(21)19-16-18-13(10-23-16)15(22)20-7-5-17-6-8-20/h2-4,9-10,17H,5-8H2,1H3,(H,18,19,21). The Kier molecular flexibility index (Phi) is 4.68. The molecule has 1 aromatic carbocycles. The maximum Gasteiger partial charge on any atom is 0.273 e. The van der Waals surface area contributed by atoms with Crippen LogP contribution in [-0.2, 0) is 0 Å². The molecule has 2 heterocycles. The minimum absolute atomic E-state index is 0.0844. The summed E-state index contributed by atoms with van der Waals surface area (Å²) in [5.41, 5.74) is 1.98. The Morgan fingerprint density at radius 1 is 1.30 bits per heavy atom. The van der Waals surface area contributed by atoms with Crippen LogP contribution < -0.4 is 10.6 Å². The highest BCUT2D eigenvalue weighted by atomic mass is 32.1. The van der Waals surface area contributed by atoms with Gasteiger partial charge in [0.25, 0.3) is 11.8 Å². The van der Waals surface area contributed by atoms with Crippen molar-refractivity contribution in [2.75, 3.05) is 31.5 Å². The third kappa shape index (κ3) is 3.75. The van der Waals surface area contributed by atoms with Crippen LogP contribution in [0.4, 0.5) is 5.13 Å². The highest BCUT2D eigenvalue weighted by Crippen LogP contribution is 2.18. The number of carbonyl (C=O) groups is 2.